The molecule has 1 aromatic carbocycles. The maximum absolute atomic E-state index is 12.8. The van der Waals surface area contributed by atoms with Crippen molar-refractivity contribution in [2.24, 2.45) is 10.1 Å². The van der Waals surface area contributed by atoms with Crippen LogP contribution in [0.3, 0.4) is 0 Å². The first-order valence-electron chi connectivity index (χ1n) is 11.1. The van der Waals surface area contributed by atoms with Gasteiger partial charge in [-0.15, -0.1) is 0 Å². The van der Waals surface area contributed by atoms with Crippen LogP contribution in [-0.4, -0.2) is 23.1 Å². The normalized spacial score (nSPS) is 17.6. The van der Waals surface area contributed by atoms with Crippen LogP contribution in [0.25, 0.3) is 0 Å². The lowest BCUT2D eigenvalue weighted by atomic mass is 9.98. The summed E-state index contributed by atoms with van der Waals surface area (Å²) in [6, 6.07) is 7.99. The van der Waals surface area contributed by atoms with Crippen molar-refractivity contribution in [2.75, 3.05) is 5.01 Å². The molecular weight excluding hydrogens is 362 g/mol. The van der Waals surface area contributed by atoms with E-state index in [0.717, 1.165) is 55.5 Å². The fourth-order valence-electron chi connectivity index (χ4n) is 3.77. The zero-order chi connectivity index (χ0) is 20.7. The quantitative estimate of drug-likeness (QED) is 0.534. The monoisotopic (exact) mass is 397 g/mol. The van der Waals surface area contributed by atoms with Gasteiger partial charge >= 0.3 is 6.09 Å². The van der Waals surface area contributed by atoms with Gasteiger partial charge in [-0.2, -0.15) is 10.1 Å². The van der Waals surface area contributed by atoms with Crippen molar-refractivity contribution >= 4 is 23.2 Å². The molecule has 158 valence electrons. The molecule has 2 fully saturated rings. The Morgan fingerprint density at radius 2 is 1.45 bits per heavy atom. The number of nitrogens with zero attached hydrogens (tertiary/aromatic N) is 3. The zero-order valence-corrected chi connectivity index (χ0v) is 18.2. The van der Waals surface area contributed by atoms with Crippen LogP contribution < -0.4 is 5.01 Å². The van der Waals surface area contributed by atoms with Gasteiger partial charge in [-0.05, 0) is 89.8 Å². The van der Waals surface area contributed by atoms with Crippen LogP contribution >= 0.6 is 0 Å². The average Bonchev–Trinajstić information content (AvgIpc) is 2.71. The Labute approximate surface area is 175 Å². The number of ether oxygens (including phenoxy) is 1. The molecule has 2 aliphatic rings. The largest absolute Gasteiger partial charge is 0.442 e. The lowest BCUT2D eigenvalue weighted by Gasteiger charge is -2.25. The number of carbonyl (C=O) groups excluding carboxylic acids is 1. The standard InChI is InChI=1S/C24H35N3O2/c1-24(2,3)29-23(28)27(26-21-12-8-5-9-13-21)22-16-14-19(15-17-22)18-25-20-10-6-4-7-11-20/h14-17H,4-13,18H2,1-3H3. The third-order valence-corrected chi connectivity index (χ3v) is 5.34. The summed E-state index contributed by atoms with van der Waals surface area (Å²) in [6.07, 6.45) is 11.1. The summed E-state index contributed by atoms with van der Waals surface area (Å²) in [6.45, 7) is 6.34. The number of benzene rings is 1. The van der Waals surface area contributed by atoms with Gasteiger partial charge < -0.3 is 4.74 Å². The minimum atomic E-state index is -0.557. The molecule has 2 saturated carbocycles. The second-order valence-corrected chi connectivity index (χ2v) is 9.13. The molecule has 5 heteroatoms. The molecule has 0 spiro atoms. The second-order valence-electron chi connectivity index (χ2n) is 9.13. The number of anilines is 1. The molecule has 5 nitrogen and oxygen atoms in total. The first-order chi connectivity index (χ1) is 13.9. The summed E-state index contributed by atoms with van der Waals surface area (Å²) in [5, 5.41) is 6.12. The van der Waals surface area contributed by atoms with E-state index >= 15 is 0 Å². The summed E-state index contributed by atoms with van der Waals surface area (Å²) < 4.78 is 5.61. The van der Waals surface area contributed by atoms with Crippen molar-refractivity contribution in [1.82, 2.24) is 0 Å². The highest BCUT2D eigenvalue weighted by Gasteiger charge is 2.24. The summed E-state index contributed by atoms with van der Waals surface area (Å²) in [4.78, 5) is 17.6. The Kier molecular flexibility index (Phi) is 7.45. The minimum absolute atomic E-state index is 0.425. The van der Waals surface area contributed by atoms with E-state index in [1.165, 1.54) is 36.4 Å². The molecule has 1 aromatic rings. The van der Waals surface area contributed by atoms with Crippen molar-refractivity contribution < 1.29 is 9.53 Å². The van der Waals surface area contributed by atoms with E-state index in [9.17, 15) is 4.79 Å². The molecule has 3 rings (SSSR count). The molecule has 0 radical (unpaired) electrons. The summed E-state index contributed by atoms with van der Waals surface area (Å²) in [7, 11) is 0. The highest BCUT2D eigenvalue weighted by molar-refractivity contribution is 5.93. The highest BCUT2D eigenvalue weighted by atomic mass is 16.6. The van der Waals surface area contributed by atoms with Gasteiger partial charge in [-0.25, -0.2) is 4.79 Å². The second kappa shape index (κ2) is 10.0. The van der Waals surface area contributed by atoms with Gasteiger partial charge in [0.2, 0.25) is 0 Å². The molecule has 1 amide bonds. The van der Waals surface area contributed by atoms with Gasteiger partial charge in [0.05, 0.1) is 12.2 Å². The first-order valence-corrected chi connectivity index (χ1v) is 11.1. The molecule has 0 bridgehead atoms. The van der Waals surface area contributed by atoms with Crippen LogP contribution in [0.5, 0.6) is 0 Å². The minimum Gasteiger partial charge on any atom is -0.442 e. The molecule has 0 heterocycles. The Balaban J connectivity index is 1.74. The highest BCUT2D eigenvalue weighted by Crippen LogP contribution is 2.23. The van der Waals surface area contributed by atoms with Crippen molar-refractivity contribution in [3.63, 3.8) is 0 Å². The predicted octanol–water partition coefficient (Wildman–Crippen LogP) is 6.65. The third kappa shape index (κ3) is 6.98. The van der Waals surface area contributed by atoms with Crippen molar-refractivity contribution in [3.05, 3.63) is 29.8 Å². The van der Waals surface area contributed by atoms with Crippen LogP contribution in [0.15, 0.2) is 34.4 Å². The zero-order valence-electron chi connectivity index (χ0n) is 18.2. The number of carbonyl (C=O) groups is 1. The molecule has 0 atom stereocenters. The van der Waals surface area contributed by atoms with Crippen molar-refractivity contribution in [1.29, 1.82) is 0 Å². The summed E-state index contributed by atoms with van der Waals surface area (Å²) in [5.74, 6) is 0. The molecule has 0 N–H and O–H groups in total. The van der Waals surface area contributed by atoms with Crippen LogP contribution in [0.1, 0.15) is 90.5 Å². The maximum Gasteiger partial charge on any atom is 0.435 e. The molecule has 2 aliphatic carbocycles. The van der Waals surface area contributed by atoms with E-state index in [2.05, 4.69) is 5.10 Å². The summed E-state index contributed by atoms with van der Waals surface area (Å²) >= 11 is 0. The number of hydrogen-bond acceptors (Lipinski definition) is 4. The van der Waals surface area contributed by atoms with Gasteiger partial charge in [-0.3, -0.25) is 4.99 Å². The summed E-state index contributed by atoms with van der Waals surface area (Å²) in [5.41, 5.74) is 3.76. The maximum atomic E-state index is 12.8. The molecule has 0 aliphatic heterocycles. The fourth-order valence-corrected chi connectivity index (χ4v) is 3.77. The molecule has 29 heavy (non-hydrogen) atoms. The average molecular weight is 398 g/mol. The molecule has 0 unspecified atom stereocenters. The van der Waals surface area contributed by atoms with E-state index in [4.69, 9.17) is 9.73 Å². The van der Waals surface area contributed by atoms with Crippen molar-refractivity contribution in [2.45, 2.75) is 97.1 Å². The first kappa shape index (κ1) is 21.5. The van der Waals surface area contributed by atoms with E-state index in [1.54, 1.807) is 0 Å². The van der Waals surface area contributed by atoms with Gasteiger partial charge in [0.15, 0.2) is 0 Å². The smallest absolute Gasteiger partial charge is 0.435 e. The lowest BCUT2D eigenvalue weighted by Crippen LogP contribution is -2.34. The van der Waals surface area contributed by atoms with Gasteiger partial charge in [-0.1, -0.05) is 25.0 Å². The SMILES string of the molecule is CC(C)(C)OC(=O)N(N=C1CCCCC1)c1ccc(CN=C2CCCCC2)cc1. The predicted molar refractivity (Wildman–Crippen MR) is 120 cm³/mol. The Morgan fingerprint density at radius 1 is 0.897 bits per heavy atom. The van der Waals surface area contributed by atoms with Crippen LogP contribution in [-0.2, 0) is 11.3 Å². The van der Waals surface area contributed by atoms with Crippen LogP contribution in [0.4, 0.5) is 10.5 Å². The van der Waals surface area contributed by atoms with E-state index in [-0.39, 0.29) is 0 Å². The molecular formula is C24H35N3O2. The van der Waals surface area contributed by atoms with Crippen LogP contribution in [0.2, 0.25) is 0 Å². The topological polar surface area (TPSA) is 54.3 Å². The number of rotatable bonds is 4. The number of aliphatic imine (C=N–C) groups is 1. The molecule has 0 saturated heterocycles. The Bertz CT molecular complexity index is 728. The van der Waals surface area contributed by atoms with Gasteiger partial charge in [0.25, 0.3) is 0 Å². The number of amides is 1. The lowest BCUT2D eigenvalue weighted by molar-refractivity contribution is 0.0581. The van der Waals surface area contributed by atoms with E-state index in [1.807, 2.05) is 45.0 Å². The van der Waals surface area contributed by atoms with E-state index in [0.29, 0.717) is 6.54 Å². The third-order valence-electron chi connectivity index (χ3n) is 5.34. The fraction of sp³-hybridized carbons (Fsp3) is 0.625. The van der Waals surface area contributed by atoms with Crippen molar-refractivity contribution in [3.8, 4) is 0 Å². The van der Waals surface area contributed by atoms with Gasteiger partial charge in [0.1, 0.15) is 5.60 Å². The molecule has 0 aromatic heterocycles. The number of hydrogen-bond donors (Lipinski definition) is 0. The van der Waals surface area contributed by atoms with Gasteiger partial charge in [0, 0.05) is 11.4 Å². The Hall–Kier alpha value is -2.17. The number of hydrazone groups is 1. The Morgan fingerprint density at radius 3 is 2.00 bits per heavy atom. The van der Waals surface area contributed by atoms with E-state index < -0.39 is 11.7 Å². The van der Waals surface area contributed by atoms with Crippen LogP contribution in [0, 0.1) is 0 Å².